The highest BCUT2D eigenvalue weighted by Gasteiger charge is 2.13. The zero-order chi connectivity index (χ0) is 17.2. The van der Waals surface area contributed by atoms with Gasteiger partial charge in [-0.15, -0.1) is 11.3 Å². The van der Waals surface area contributed by atoms with Gasteiger partial charge in [0, 0.05) is 28.7 Å². The molecule has 1 N–H and O–H groups in total. The minimum atomic E-state index is 0.719. The van der Waals surface area contributed by atoms with Crippen LogP contribution < -0.4 is 14.8 Å². The number of fused-ring (bicyclic) bond motifs is 1. The Balaban J connectivity index is 1.66. The van der Waals surface area contributed by atoms with Gasteiger partial charge in [-0.05, 0) is 48.7 Å². The largest absolute Gasteiger partial charge is 0.493 e. The summed E-state index contributed by atoms with van der Waals surface area (Å²) in [5.41, 5.74) is 5.86. The Hall–Kier alpha value is -2.53. The molecule has 1 aliphatic rings. The maximum absolute atomic E-state index is 5.40. The van der Waals surface area contributed by atoms with E-state index >= 15 is 0 Å². The highest BCUT2D eigenvalue weighted by atomic mass is 32.1. The molecule has 0 bridgehead atoms. The van der Waals surface area contributed by atoms with Gasteiger partial charge in [0.05, 0.1) is 19.9 Å². The molecule has 0 unspecified atom stereocenters. The molecule has 0 saturated heterocycles. The zero-order valence-electron chi connectivity index (χ0n) is 14.3. The summed E-state index contributed by atoms with van der Waals surface area (Å²) in [5, 5.41) is 6.55. The molecule has 0 saturated carbocycles. The van der Waals surface area contributed by atoms with Crippen LogP contribution >= 0.6 is 11.3 Å². The smallest absolute Gasteiger partial charge is 0.161 e. The molecule has 3 aromatic rings. The van der Waals surface area contributed by atoms with E-state index in [0.29, 0.717) is 0 Å². The SMILES string of the molecule is COc1ccc(-c2nc(-c3ccc4c(c3)CCCN4)cs2)cc1OC. The molecule has 0 amide bonds. The fourth-order valence-corrected chi connectivity index (χ4v) is 3.97. The second-order valence-corrected chi connectivity index (χ2v) is 6.87. The molecule has 0 aliphatic carbocycles. The molecular formula is C20H20N2O2S. The van der Waals surface area contributed by atoms with Crippen LogP contribution in [0.4, 0.5) is 5.69 Å². The van der Waals surface area contributed by atoms with Crippen LogP contribution in [0.25, 0.3) is 21.8 Å². The Bertz CT molecular complexity index is 850. The van der Waals surface area contributed by atoms with Gasteiger partial charge >= 0.3 is 0 Å². The molecule has 128 valence electrons. The van der Waals surface area contributed by atoms with E-state index in [0.717, 1.165) is 40.7 Å². The molecule has 0 radical (unpaired) electrons. The summed E-state index contributed by atoms with van der Waals surface area (Å²) in [7, 11) is 3.29. The summed E-state index contributed by atoms with van der Waals surface area (Å²) < 4.78 is 10.7. The van der Waals surface area contributed by atoms with Crippen molar-refractivity contribution in [3.63, 3.8) is 0 Å². The fourth-order valence-electron chi connectivity index (χ4n) is 3.14. The zero-order valence-corrected chi connectivity index (χ0v) is 15.2. The molecule has 2 heterocycles. The average Bonchev–Trinajstić information content (AvgIpc) is 3.17. The number of nitrogens with one attached hydrogen (secondary N) is 1. The van der Waals surface area contributed by atoms with Gasteiger partial charge < -0.3 is 14.8 Å². The summed E-state index contributed by atoms with van der Waals surface area (Å²) in [6.45, 7) is 1.06. The van der Waals surface area contributed by atoms with Crippen LogP contribution in [0.3, 0.4) is 0 Å². The second-order valence-electron chi connectivity index (χ2n) is 6.01. The van der Waals surface area contributed by atoms with E-state index in [1.54, 1.807) is 25.6 Å². The highest BCUT2D eigenvalue weighted by molar-refractivity contribution is 7.13. The molecular weight excluding hydrogens is 332 g/mol. The monoisotopic (exact) mass is 352 g/mol. The quantitative estimate of drug-likeness (QED) is 0.729. The van der Waals surface area contributed by atoms with E-state index < -0.39 is 0 Å². The van der Waals surface area contributed by atoms with Crippen LogP contribution in [0.1, 0.15) is 12.0 Å². The van der Waals surface area contributed by atoms with Crippen LogP contribution in [0.15, 0.2) is 41.8 Å². The lowest BCUT2D eigenvalue weighted by Gasteiger charge is -2.18. The van der Waals surface area contributed by atoms with Crippen LogP contribution in [0, 0.1) is 0 Å². The minimum absolute atomic E-state index is 0.719. The number of hydrogen-bond acceptors (Lipinski definition) is 5. The first-order chi connectivity index (χ1) is 12.3. The van der Waals surface area contributed by atoms with Crippen molar-refractivity contribution in [2.24, 2.45) is 0 Å². The maximum atomic E-state index is 5.40. The predicted octanol–water partition coefficient (Wildman–Crippen LogP) is 4.85. The van der Waals surface area contributed by atoms with Crippen molar-refractivity contribution in [3.05, 3.63) is 47.3 Å². The maximum Gasteiger partial charge on any atom is 0.161 e. The van der Waals surface area contributed by atoms with Crippen LogP contribution in [0.2, 0.25) is 0 Å². The number of benzene rings is 2. The Morgan fingerprint density at radius 3 is 2.68 bits per heavy atom. The highest BCUT2D eigenvalue weighted by Crippen LogP contribution is 2.36. The van der Waals surface area contributed by atoms with Crippen LogP contribution in [-0.4, -0.2) is 25.7 Å². The molecule has 1 aliphatic heterocycles. The van der Waals surface area contributed by atoms with Crippen molar-refractivity contribution < 1.29 is 9.47 Å². The standard InChI is InChI=1S/C20H20N2O2S/c1-23-18-8-6-15(11-19(18)24-2)20-22-17(12-25-20)14-5-7-16-13(10-14)4-3-9-21-16/h5-8,10-12,21H,3-4,9H2,1-2H3. The Morgan fingerprint density at radius 2 is 1.84 bits per heavy atom. The molecule has 1 aromatic heterocycles. The van der Waals surface area contributed by atoms with E-state index in [4.69, 9.17) is 14.5 Å². The Labute approximate surface area is 151 Å². The summed E-state index contributed by atoms with van der Waals surface area (Å²) >= 11 is 1.64. The Morgan fingerprint density at radius 1 is 1.00 bits per heavy atom. The van der Waals surface area contributed by atoms with E-state index in [2.05, 4.69) is 28.9 Å². The van der Waals surface area contributed by atoms with Gasteiger partial charge in [0.2, 0.25) is 0 Å². The van der Waals surface area contributed by atoms with E-state index in [-0.39, 0.29) is 0 Å². The van der Waals surface area contributed by atoms with Gasteiger partial charge in [-0.2, -0.15) is 0 Å². The number of anilines is 1. The van der Waals surface area contributed by atoms with Gasteiger partial charge in [0.1, 0.15) is 5.01 Å². The first-order valence-electron chi connectivity index (χ1n) is 8.33. The number of methoxy groups -OCH3 is 2. The third-order valence-electron chi connectivity index (χ3n) is 4.47. The van der Waals surface area contributed by atoms with Crippen molar-refractivity contribution in [1.82, 2.24) is 4.98 Å². The third kappa shape index (κ3) is 3.07. The molecule has 0 atom stereocenters. The number of rotatable bonds is 4. The number of nitrogens with zero attached hydrogens (tertiary/aromatic N) is 1. The number of thiazole rings is 1. The van der Waals surface area contributed by atoms with E-state index in [9.17, 15) is 0 Å². The Kier molecular flexibility index (Phi) is 4.32. The van der Waals surface area contributed by atoms with E-state index in [1.165, 1.54) is 23.2 Å². The predicted molar refractivity (Wildman–Crippen MR) is 103 cm³/mol. The van der Waals surface area contributed by atoms with Gasteiger partial charge in [-0.1, -0.05) is 6.07 Å². The molecule has 4 rings (SSSR count). The topological polar surface area (TPSA) is 43.4 Å². The molecule has 0 fully saturated rings. The molecule has 5 heteroatoms. The van der Waals surface area contributed by atoms with Gasteiger partial charge in [0.15, 0.2) is 11.5 Å². The average molecular weight is 352 g/mol. The number of ether oxygens (including phenoxy) is 2. The normalized spacial score (nSPS) is 13.0. The molecule has 25 heavy (non-hydrogen) atoms. The summed E-state index contributed by atoms with van der Waals surface area (Å²) in [4.78, 5) is 4.83. The summed E-state index contributed by atoms with van der Waals surface area (Å²) in [5.74, 6) is 1.45. The lowest BCUT2D eigenvalue weighted by atomic mass is 10.00. The van der Waals surface area contributed by atoms with Crippen LogP contribution in [-0.2, 0) is 6.42 Å². The van der Waals surface area contributed by atoms with Crippen molar-refractivity contribution in [2.45, 2.75) is 12.8 Å². The first-order valence-corrected chi connectivity index (χ1v) is 9.21. The van der Waals surface area contributed by atoms with Crippen molar-refractivity contribution in [2.75, 3.05) is 26.1 Å². The van der Waals surface area contributed by atoms with Crippen molar-refractivity contribution >= 4 is 17.0 Å². The summed E-state index contributed by atoms with van der Waals surface area (Å²) in [6.07, 6.45) is 2.31. The second kappa shape index (κ2) is 6.76. The van der Waals surface area contributed by atoms with Gasteiger partial charge in [-0.3, -0.25) is 0 Å². The first kappa shape index (κ1) is 16.0. The number of hydrogen-bond donors (Lipinski definition) is 1. The molecule has 0 spiro atoms. The van der Waals surface area contributed by atoms with Gasteiger partial charge in [-0.25, -0.2) is 4.98 Å². The van der Waals surface area contributed by atoms with Crippen molar-refractivity contribution in [1.29, 1.82) is 0 Å². The minimum Gasteiger partial charge on any atom is -0.493 e. The lowest BCUT2D eigenvalue weighted by molar-refractivity contribution is 0.355. The fraction of sp³-hybridized carbons (Fsp3) is 0.250. The molecule has 4 nitrogen and oxygen atoms in total. The summed E-state index contributed by atoms with van der Waals surface area (Å²) in [6, 6.07) is 12.5. The van der Waals surface area contributed by atoms with E-state index in [1.807, 2.05) is 18.2 Å². The van der Waals surface area contributed by atoms with Crippen molar-refractivity contribution in [3.8, 4) is 33.3 Å². The number of aromatic nitrogens is 1. The van der Waals surface area contributed by atoms with Gasteiger partial charge in [0.25, 0.3) is 0 Å². The lowest BCUT2D eigenvalue weighted by Crippen LogP contribution is -2.11. The van der Waals surface area contributed by atoms with Crippen LogP contribution in [0.5, 0.6) is 11.5 Å². The molecule has 2 aromatic carbocycles. The number of aryl methyl sites for hydroxylation is 1. The third-order valence-corrected chi connectivity index (χ3v) is 5.37.